The molecule has 2 rings (SSSR count). The Morgan fingerprint density at radius 2 is 2.54 bits per heavy atom. The first-order valence-corrected chi connectivity index (χ1v) is 5.08. The number of nitrogens with two attached hydrogens (primary N) is 1. The molecule has 0 bridgehead atoms. The van der Waals surface area contributed by atoms with E-state index < -0.39 is 0 Å². The highest BCUT2D eigenvalue weighted by Gasteiger charge is 2.18. The molecule has 2 N–H and O–H groups in total. The minimum Gasteiger partial charge on any atom is -0.326 e. The third kappa shape index (κ3) is 2.91. The summed E-state index contributed by atoms with van der Waals surface area (Å²) < 4.78 is 0. The Morgan fingerprint density at radius 3 is 3.08 bits per heavy atom. The van der Waals surface area contributed by atoms with E-state index >= 15 is 0 Å². The molecule has 2 heterocycles. The maximum atomic E-state index is 5.80. The summed E-state index contributed by atoms with van der Waals surface area (Å²) in [7, 11) is 0. The van der Waals surface area contributed by atoms with Gasteiger partial charge in [0.15, 0.2) is 0 Å². The number of halogens is 1. The Hall–Kier alpha value is -0.160. The largest absolute Gasteiger partial charge is 0.326 e. The highest BCUT2D eigenvalue weighted by Crippen LogP contribution is 2.14. The van der Waals surface area contributed by atoms with Gasteiger partial charge in [0.25, 0.3) is 0 Å². The average Bonchev–Trinajstić information content (AvgIpc) is 2.63. The maximum absolute atomic E-state index is 5.80. The van der Waals surface area contributed by atoms with Crippen LogP contribution < -0.4 is 5.73 Å². The molecule has 3 nitrogen and oxygen atoms in total. The van der Waals surface area contributed by atoms with Crippen LogP contribution in [-0.4, -0.2) is 29.0 Å². The third-order valence-electron chi connectivity index (χ3n) is 2.17. The zero-order valence-corrected chi connectivity index (χ0v) is 8.98. The zero-order valence-electron chi connectivity index (χ0n) is 7.35. The van der Waals surface area contributed by atoms with E-state index in [0.717, 1.165) is 26.1 Å². The standard InChI is InChI=1S/C8H13N3S.ClH/c9-7-1-2-11(4-7)5-8-3-10-6-12-8;/h3,6-7H,1-2,4-5,9H2;1H/t7-;/m1./s1. The van der Waals surface area contributed by atoms with E-state index in [1.165, 1.54) is 4.88 Å². The predicted octanol–water partition coefficient (Wildman–Crippen LogP) is 1.10. The van der Waals surface area contributed by atoms with Gasteiger partial charge in [-0.2, -0.15) is 0 Å². The minimum atomic E-state index is 0. The summed E-state index contributed by atoms with van der Waals surface area (Å²) >= 11 is 1.72. The predicted molar refractivity (Wildman–Crippen MR) is 57.2 cm³/mol. The molecule has 1 atom stereocenters. The molecule has 0 aromatic carbocycles. The van der Waals surface area contributed by atoms with Crippen molar-refractivity contribution in [3.63, 3.8) is 0 Å². The number of hydrogen-bond donors (Lipinski definition) is 1. The molecule has 0 unspecified atom stereocenters. The molecule has 13 heavy (non-hydrogen) atoms. The van der Waals surface area contributed by atoms with Crippen LogP contribution in [0.2, 0.25) is 0 Å². The first kappa shape index (κ1) is 10.9. The summed E-state index contributed by atoms with van der Waals surface area (Å²) in [5.74, 6) is 0. The number of nitrogens with zero attached hydrogens (tertiary/aromatic N) is 2. The number of thiazole rings is 1. The molecule has 1 aromatic rings. The van der Waals surface area contributed by atoms with Gasteiger partial charge in [-0.15, -0.1) is 23.7 Å². The zero-order chi connectivity index (χ0) is 8.39. The molecule has 74 valence electrons. The minimum absolute atomic E-state index is 0. The van der Waals surface area contributed by atoms with Crippen LogP contribution in [-0.2, 0) is 6.54 Å². The molecule has 0 radical (unpaired) electrons. The van der Waals surface area contributed by atoms with Crippen molar-refractivity contribution in [2.24, 2.45) is 5.73 Å². The van der Waals surface area contributed by atoms with Crippen molar-refractivity contribution in [1.29, 1.82) is 0 Å². The molecule has 1 aromatic heterocycles. The van der Waals surface area contributed by atoms with Crippen LogP contribution in [0.4, 0.5) is 0 Å². The van der Waals surface area contributed by atoms with Crippen LogP contribution in [0.1, 0.15) is 11.3 Å². The number of hydrogen-bond acceptors (Lipinski definition) is 4. The monoisotopic (exact) mass is 219 g/mol. The smallest absolute Gasteiger partial charge is 0.0794 e. The molecule has 1 saturated heterocycles. The molecular formula is C8H14ClN3S. The highest BCUT2D eigenvalue weighted by molar-refractivity contribution is 7.09. The fraction of sp³-hybridized carbons (Fsp3) is 0.625. The second kappa shape index (κ2) is 4.91. The van der Waals surface area contributed by atoms with Crippen molar-refractivity contribution in [3.8, 4) is 0 Å². The van der Waals surface area contributed by atoms with Crippen molar-refractivity contribution in [3.05, 3.63) is 16.6 Å². The van der Waals surface area contributed by atoms with Gasteiger partial charge in [0.05, 0.1) is 5.51 Å². The second-order valence-corrected chi connectivity index (χ2v) is 4.22. The lowest BCUT2D eigenvalue weighted by Crippen LogP contribution is -2.25. The second-order valence-electron chi connectivity index (χ2n) is 3.25. The lowest BCUT2D eigenvalue weighted by Gasteiger charge is -2.12. The highest BCUT2D eigenvalue weighted by atomic mass is 35.5. The van der Waals surface area contributed by atoms with E-state index in [9.17, 15) is 0 Å². The maximum Gasteiger partial charge on any atom is 0.0794 e. The van der Waals surface area contributed by atoms with E-state index in [1.54, 1.807) is 11.3 Å². The lowest BCUT2D eigenvalue weighted by atomic mass is 10.3. The SMILES string of the molecule is Cl.N[C@@H]1CCN(Cc2cncs2)C1. The van der Waals surface area contributed by atoms with Gasteiger partial charge in [0.2, 0.25) is 0 Å². The van der Waals surface area contributed by atoms with Crippen LogP contribution in [0.15, 0.2) is 11.7 Å². The van der Waals surface area contributed by atoms with Crippen LogP contribution in [0.3, 0.4) is 0 Å². The van der Waals surface area contributed by atoms with Gasteiger partial charge in [-0.05, 0) is 6.42 Å². The van der Waals surface area contributed by atoms with Crippen molar-refractivity contribution in [2.75, 3.05) is 13.1 Å². The lowest BCUT2D eigenvalue weighted by molar-refractivity contribution is 0.329. The molecule has 1 fully saturated rings. The fourth-order valence-electron chi connectivity index (χ4n) is 1.55. The number of rotatable bonds is 2. The third-order valence-corrected chi connectivity index (χ3v) is 2.94. The molecular weight excluding hydrogens is 206 g/mol. The van der Waals surface area contributed by atoms with Crippen LogP contribution in [0.25, 0.3) is 0 Å². The van der Waals surface area contributed by atoms with Gasteiger partial charge in [0.1, 0.15) is 0 Å². The van der Waals surface area contributed by atoms with Gasteiger partial charge >= 0.3 is 0 Å². The van der Waals surface area contributed by atoms with Gasteiger partial charge in [-0.25, -0.2) is 0 Å². The fourth-order valence-corrected chi connectivity index (χ4v) is 2.18. The quantitative estimate of drug-likeness (QED) is 0.810. The van der Waals surface area contributed by atoms with Gasteiger partial charge in [-0.1, -0.05) is 0 Å². The van der Waals surface area contributed by atoms with Crippen molar-refractivity contribution >= 4 is 23.7 Å². The van der Waals surface area contributed by atoms with Crippen LogP contribution >= 0.6 is 23.7 Å². The molecule has 0 aliphatic carbocycles. The topological polar surface area (TPSA) is 42.1 Å². The summed E-state index contributed by atoms with van der Waals surface area (Å²) in [6, 6.07) is 0.387. The molecule has 1 aliphatic heterocycles. The van der Waals surface area contributed by atoms with E-state index in [1.807, 2.05) is 11.7 Å². The molecule has 5 heteroatoms. The molecule has 0 amide bonds. The Bertz CT molecular complexity index is 240. The van der Waals surface area contributed by atoms with Gasteiger partial charge < -0.3 is 5.73 Å². The Labute approximate surface area is 88.4 Å². The van der Waals surface area contributed by atoms with Crippen molar-refractivity contribution in [1.82, 2.24) is 9.88 Å². The van der Waals surface area contributed by atoms with E-state index in [4.69, 9.17) is 5.73 Å². The van der Waals surface area contributed by atoms with E-state index in [0.29, 0.717) is 6.04 Å². The molecule has 0 spiro atoms. The van der Waals surface area contributed by atoms with E-state index in [2.05, 4.69) is 9.88 Å². The first-order chi connectivity index (χ1) is 5.84. The summed E-state index contributed by atoms with van der Waals surface area (Å²) in [5, 5.41) is 0. The van der Waals surface area contributed by atoms with Crippen molar-refractivity contribution in [2.45, 2.75) is 19.0 Å². The van der Waals surface area contributed by atoms with Gasteiger partial charge in [-0.3, -0.25) is 9.88 Å². The van der Waals surface area contributed by atoms with E-state index in [-0.39, 0.29) is 12.4 Å². The Balaban J connectivity index is 0.000000845. The van der Waals surface area contributed by atoms with Crippen molar-refractivity contribution < 1.29 is 0 Å². The summed E-state index contributed by atoms with van der Waals surface area (Å²) in [4.78, 5) is 7.77. The normalized spacial score (nSPS) is 23.0. The average molecular weight is 220 g/mol. The summed E-state index contributed by atoms with van der Waals surface area (Å²) in [6.07, 6.45) is 3.08. The Morgan fingerprint density at radius 1 is 1.69 bits per heavy atom. The number of aromatic nitrogens is 1. The van der Waals surface area contributed by atoms with Gasteiger partial charge in [0, 0.05) is 36.8 Å². The summed E-state index contributed by atoms with van der Waals surface area (Å²) in [5.41, 5.74) is 7.68. The van der Waals surface area contributed by atoms with Crippen LogP contribution in [0, 0.1) is 0 Å². The Kier molecular flexibility index (Phi) is 4.12. The summed E-state index contributed by atoms with van der Waals surface area (Å²) in [6.45, 7) is 3.20. The molecule has 1 aliphatic rings. The van der Waals surface area contributed by atoms with Crippen LogP contribution in [0.5, 0.6) is 0 Å². The molecule has 0 saturated carbocycles. The number of likely N-dealkylation sites (tertiary alicyclic amines) is 1. The first-order valence-electron chi connectivity index (χ1n) is 4.20.